The van der Waals surface area contributed by atoms with Crippen LogP contribution in [0, 0.1) is 11.8 Å². The van der Waals surface area contributed by atoms with E-state index in [1.807, 2.05) is 37.4 Å². The molecule has 0 radical (unpaired) electrons. The zero-order valence-corrected chi connectivity index (χ0v) is 21.1. The molecule has 3 rings (SSSR count). The Kier molecular flexibility index (Phi) is 7.24. The standard InChI is InChI=1S/C26H35NO5S/c1-16(2)13-26(24(30)31)14-18(15-28)22(21-8-7-11-33-21)27(26)23(29)17-9-10-19(25(3,4)5)20(12-17)32-6/h7-12,16,18,22,28H,13-15H2,1-6H3,(H,30,31)/t18-,22-,26+/m1/s1. The number of nitrogens with zero attached hydrogens (tertiary/aromatic N) is 1. The van der Waals surface area contributed by atoms with E-state index in [9.17, 15) is 19.8 Å². The number of ether oxygens (including phenoxy) is 1. The highest BCUT2D eigenvalue weighted by Crippen LogP contribution is 2.51. The van der Waals surface area contributed by atoms with Crippen molar-refractivity contribution in [3.05, 3.63) is 51.7 Å². The number of methoxy groups -OCH3 is 1. The number of benzene rings is 1. The summed E-state index contributed by atoms with van der Waals surface area (Å²) < 4.78 is 5.61. The monoisotopic (exact) mass is 473 g/mol. The van der Waals surface area contributed by atoms with Crippen molar-refractivity contribution >= 4 is 23.2 Å². The number of carboxylic acid groups (broad SMARTS) is 1. The Morgan fingerprint density at radius 1 is 1.27 bits per heavy atom. The summed E-state index contributed by atoms with van der Waals surface area (Å²) in [5.74, 6) is -1.09. The van der Waals surface area contributed by atoms with E-state index in [1.54, 1.807) is 19.2 Å². The number of likely N-dealkylation sites (tertiary alicyclic amines) is 1. The first-order chi connectivity index (χ1) is 15.5. The zero-order chi connectivity index (χ0) is 24.6. The van der Waals surface area contributed by atoms with Gasteiger partial charge in [0.15, 0.2) is 0 Å². The van der Waals surface area contributed by atoms with Crippen LogP contribution in [0.3, 0.4) is 0 Å². The molecule has 0 bridgehead atoms. The Labute approximate surface area is 200 Å². The van der Waals surface area contributed by atoms with Crippen LogP contribution in [-0.2, 0) is 10.2 Å². The van der Waals surface area contributed by atoms with E-state index in [-0.39, 0.29) is 36.2 Å². The molecule has 180 valence electrons. The lowest BCUT2D eigenvalue weighted by atomic mass is 9.83. The third-order valence-electron chi connectivity index (χ3n) is 6.47. The van der Waals surface area contributed by atoms with Crippen LogP contribution in [-0.4, -0.2) is 46.2 Å². The van der Waals surface area contributed by atoms with Crippen molar-refractivity contribution in [3.8, 4) is 5.75 Å². The van der Waals surface area contributed by atoms with Gasteiger partial charge in [-0.05, 0) is 53.3 Å². The van der Waals surface area contributed by atoms with E-state index in [2.05, 4.69) is 20.8 Å². The van der Waals surface area contributed by atoms with Crippen molar-refractivity contribution in [1.82, 2.24) is 4.90 Å². The van der Waals surface area contributed by atoms with E-state index in [0.717, 1.165) is 10.4 Å². The summed E-state index contributed by atoms with van der Waals surface area (Å²) >= 11 is 1.48. The van der Waals surface area contributed by atoms with E-state index < -0.39 is 17.6 Å². The summed E-state index contributed by atoms with van der Waals surface area (Å²) in [5, 5.41) is 22.6. The molecule has 1 aromatic carbocycles. The minimum Gasteiger partial charge on any atom is -0.496 e. The number of aliphatic hydroxyl groups is 1. The molecule has 1 aromatic heterocycles. The van der Waals surface area contributed by atoms with Crippen molar-refractivity contribution in [2.24, 2.45) is 11.8 Å². The lowest BCUT2D eigenvalue weighted by Gasteiger charge is -2.39. The van der Waals surface area contributed by atoms with Crippen LogP contribution in [0.1, 0.15) is 74.3 Å². The maximum Gasteiger partial charge on any atom is 0.329 e. The third kappa shape index (κ3) is 4.66. The minimum absolute atomic E-state index is 0.0515. The van der Waals surface area contributed by atoms with Gasteiger partial charge in [0.25, 0.3) is 5.91 Å². The summed E-state index contributed by atoms with van der Waals surface area (Å²) in [4.78, 5) is 29.3. The fraction of sp³-hybridized carbons (Fsp3) is 0.538. The summed E-state index contributed by atoms with van der Waals surface area (Å²) in [5.41, 5.74) is -0.222. The number of rotatable bonds is 7. The summed E-state index contributed by atoms with van der Waals surface area (Å²) in [6, 6.07) is 8.64. The molecule has 1 aliphatic heterocycles. The van der Waals surface area contributed by atoms with Crippen LogP contribution in [0.25, 0.3) is 0 Å². The average molecular weight is 474 g/mol. The molecule has 1 saturated heterocycles. The molecule has 6 nitrogen and oxygen atoms in total. The van der Waals surface area contributed by atoms with E-state index in [1.165, 1.54) is 16.2 Å². The maximum absolute atomic E-state index is 14.1. The second kappa shape index (κ2) is 9.47. The van der Waals surface area contributed by atoms with Gasteiger partial charge in [-0.1, -0.05) is 46.8 Å². The van der Waals surface area contributed by atoms with Crippen molar-refractivity contribution in [2.75, 3.05) is 13.7 Å². The quantitative estimate of drug-likeness (QED) is 0.583. The smallest absolute Gasteiger partial charge is 0.329 e. The lowest BCUT2D eigenvalue weighted by molar-refractivity contribution is -0.150. The topological polar surface area (TPSA) is 87.1 Å². The molecule has 2 aromatic rings. The highest BCUT2D eigenvalue weighted by atomic mass is 32.1. The van der Waals surface area contributed by atoms with Crippen molar-refractivity contribution in [1.29, 1.82) is 0 Å². The fourth-order valence-electron chi connectivity index (χ4n) is 5.14. The van der Waals surface area contributed by atoms with E-state index >= 15 is 0 Å². The largest absolute Gasteiger partial charge is 0.496 e. The van der Waals surface area contributed by atoms with Gasteiger partial charge in [-0.15, -0.1) is 11.3 Å². The maximum atomic E-state index is 14.1. The number of carbonyl (C=O) groups is 2. The molecule has 7 heteroatoms. The molecular weight excluding hydrogens is 438 g/mol. The van der Waals surface area contributed by atoms with Gasteiger partial charge in [0, 0.05) is 23.0 Å². The second-order valence-corrected chi connectivity index (χ2v) is 11.4. The van der Waals surface area contributed by atoms with Crippen molar-refractivity contribution in [3.63, 3.8) is 0 Å². The Bertz CT molecular complexity index is 995. The number of hydrogen-bond acceptors (Lipinski definition) is 5. The van der Waals surface area contributed by atoms with Crippen LogP contribution < -0.4 is 4.74 Å². The van der Waals surface area contributed by atoms with Gasteiger partial charge in [0.2, 0.25) is 0 Å². The van der Waals surface area contributed by atoms with E-state index in [4.69, 9.17) is 4.74 Å². The molecule has 0 spiro atoms. The SMILES string of the molecule is COc1cc(C(=O)N2[C@@H](c3cccs3)[C@@H](CO)C[C@@]2(CC(C)C)C(=O)O)ccc1C(C)(C)C. The number of amides is 1. The van der Waals surface area contributed by atoms with Crippen LogP contribution in [0.4, 0.5) is 0 Å². The van der Waals surface area contributed by atoms with Crippen molar-refractivity contribution < 1.29 is 24.5 Å². The molecule has 0 aliphatic carbocycles. The van der Waals surface area contributed by atoms with Gasteiger partial charge >= 0.3 is 5.97 Å². The van der Waals surface area contributed by atoms with Gasteiger partial charge in [-0.2, -0.15) is 0 Å². The highest BCUT2D eigenvalue weighted by Gasteiger charge is 2.59. The average Bonchev–Trinajstić information content (AvgIpc) is 3.37. The fourth-order valence-corrected chi connectivity index (χ4v) is 6.05. The van der Waals surface area contributed by atoms with Gasteiger partial charge in [-0.3, -0.25) is 4.79 Å². The zero-order valence-electron chi connectivity index (χ0n) is 20.3. The molecule has 2 N–H and O–H groups in total. The molecular formula is C26H35NO5S. The number of aliphatic hydroxyl groups excluding tert-OH is 1. The number of hydrogen-bond donors (Lipinski definition) is 2. The van der Waals surface area contributed by atoms with Gasteiger partial charge in [0.05, 0.1) is 13.2 Å². The molecule has 33 heavy (non-hydrogen) atoms. The number of carbonyl (C=O) groups excluding carboxylic acids is 1. The second-order valence-electron chi connectivity index (χ2n) is 10.4. The first-order valence-electron chi connectivity index (χ1n) is 11.4. The Balaban J connectivity index is 2.19. The molecule has 1 fully saturated rings. The normalized spacial score (nSPS) is 23.2. The predicted molar refractivity (Wildman–Crippen MR) is 130 cm³/mol. The molecule has 0 saturated carbocycles. The Morgan fingerprint density at radius 2 is 1.97 bits per heavy atom. The van der Waals surface area contributed by atoms with Crippen LogP contribution in [0.5, 0.6) is 5.75 Å². The first kappa shape index (κ1) is 25.2. The number of thiophene rings is 1. The molecule has 1 aliphatic rings. The van der Waals surface area contributed by atoms with E-state index in [0.29, 0.717) is 17.7 Å². The predicted octanol–water partition coefficient (Wildman–Crippen LogP) is 5.12. The lowest BCUT2D eigenvalue weighted by Crippen LogP contribution is -2.54. The van der Waals surface area contributed by atoms with Gasteiger partial charge in [0.1, 0.15) is 11.3 Å². The Morgan fingerprint density at radius 3 is 2.45 bits per heavy atom. The first-order valence-corrected chi connectivity index (χ1v) is 12.2. The minimum atomic E-state index is -1.40. The summed E-state index contributed by atoms with van der Waals surface area (Å²) in [7, 11) is 1.57. The number of carboxylic acids is 1. The van der Waals surface area contributed by atoms with Gasteiger partial charge < -0.3 is 19.8 Å². The van der Waals surface area contributed by atoms with Crippen LogP contribution >= 0.6 is 11.3 Å². The summed E-state index contributed by atoms with van der Waals surface area (Å²) in [6.07, 6.45) is 0.520. The third-order valence-corrected chi connectivity index (χ3v) is 7.42. The van der Waals surface area contributed by atoms with Crippen molar-refractivity contribution in [2.45, 2.75) is 64.5 Å². The summed E-state index contributed by atoms with van der Waals surface area (Å²) in [6.45, 7) is 9.95. The Hall–Kier alpha value is -2.38. The highest BCUT2D eigenvalue weighted by molar-refractivity contribution is 7.10. The van der Waals surface area contributed by atoms with Crippen LogP contribution in [0.15, 0.2) is 35.7 Å². The molecule has 2 heterocycles. The number of aliphatic carboxylic acids is 1. The molecule has 1 amide bonds. The molecule has 3 atom stereocenters. The van der Waals surface area contributed by atoms with Crippen LogP contribution in [0.2, 0.25) is 0 Å². The van der Waals surface area contributed by atoms with Gasteiger partial charge in [-0.25, -0.2) is 4.79 Å². The molecule has 0 unspecified atom stereocenters.